The lowest BCUT2D eigenvalue weighted by molar-refractivity contribution is -0.385. The van der Waals surface area contributed by atoms with Crippen LogP contribution in [0.15, 0.2) is 24.3 Å². The van der Waals surface area contributed by atoms with Crippen molar-refractivity contribution in [3.05, 3.63) is 40.0 Å². The molecule has 30 heavy (non-hydrogen) atoms. The number of benzene rings is 1. The van der Waals surface area contributed by atoms with E-state index in [0.29, 0.717) is 25.7 Å². The van der Waals surface area contributed by atoms with E-state index < -0.39 is 11.0 Å². The second-order valence-electron chi connectivity index (χ2n) is 9.14. The predicted molar refractivity (Wildman–Crippen MR) is 112 cm³/mol. The van der Waals surface area contributed by atoms with Gasteiger partial charge in [-0.05, 0) is 47.9 Å². The molecule has 8 heteroatoms. The molecule has 1 amide bonds. The van der Waals surface area contributed by atoms with E-state index in [1.165, 1.54) is 23.6 Å². The van der Waals surface area contributed by atoms with Crippen LogP contribution in [0.5, 0.6) is 5.75 Å². The summed E-state index contributed by atoms with van der Waals surface area (Å²) in [4.78, 5) is 26.1. The Kier molecular flexibility index (Phi) is 6.36. The highest BCUT2D eigenvalue weighted by Crippen LogP contribution is 2.36. The fourth-order valence-corrected chi connectivity index (χ4v) is 4.54. The van der Waals surface area contributed by atoms with Crippen LogP contribution in [0.3, 0.4) is 0 Å². The topological polar surface area (TPSA) is 99.0 Å². The maximum absolute atomic E-state index is 11.5. The lowest BCUT2D eigenvalue weighted by atomic mass is 9.83. The minimum absolute atomic E-state index is 0.0328. The molecule has 164 valence electrons. The van der Waals surface area contributed by atoms with Crippen LogP contribution in [-0.4, -0.2) is 59.6 Å². The number of nitro groups is 1. The Balaban J connectivity index is 1.72. The molecule has 8 nitrogen and oxygen atoms in total. The summed E-state index contributed by atoms with van der Waals surface area (Å²) in [5.74, 6) is 0.270. The van der Waals surface area contributed by atoms with Crippen LogP contribution in [-0.2, 0) is 0 Å². The number of nitrogens with zero attached hydrogens (tertiary/aromatic N) is 3. The van der Waals surface area contributed by atoms with Gasteiger partial charge in [0.1, 0.15) is 6.09 Å². The van der Waals surface area contributed by atoms with Gasteiger partial charge in [0.25, 0.3) is 0 Å². The third kappa shape index (κ3) is 4.59. The second kappa shape index (κ2) is 8.63. The first-order valence-electron chi connectivity index (χ1n) is 10.3. The highest BCUT2D eigenvalue weighted by Gasteiger charge is 2.37. The molecule has 0 aromatic heterocycles. The molecule has 1 heterocycles. The molecule has 1 aromatic rings. The average Bonchev–Trinajstić information content (AvgIpc) is 2.72. The molecule has 0 bridgehead atoms. The number of carboxylic acid groups (broad SMARTS) is 1. The minimum Gasteiger partial charge on any atom is -0.530 e. The number of amides is 1. The van der Waals surface area contributed by atoms with Crippen molar-refractivity contribution in [3.8, 4) is 5.75 Å². The quantitative estimate of drug-likeness (QED) is 0.553. The molecule has 2 aliphatic rings. The number of allylic oxidation sites excluding steroid dienone is 1. The molecule has 0 N–H and O–H groups in total. The van der Waals surface area contributed by atoms with Crippen molar-refractivity contribution >= 4 is 17.4 Å². The van der Waals surface area contributed by atoms with Gasteiger partial charge >= 0.3 is 5.69 Å². The van der Waals surface area contributed by atoms with Crippen molar-refractivity contribution in [2.45, 2.75) is 52.1 Å². The molecule has 2 unspecified atom stereocenters. The first-order chi connectivity index (χ1) is 14.1. The van der Waals surface area contributed by atoms with Gasteiger partial charge in [-0.2, -0.15) is 0 Å². The molecule has 0 saturated carbocycles. The minimum atomic E-state index is -1.09. The molecule has 1 fully saturated rings. The van der Waals surface area contributed by atoms with Gasteiger partial charge in [-0.3, -0.25) is 15.0 Å². The number of carbonyl (C=O) groups is 1. The van der Waals surface area contributed by atoms with Gasteiger partial charge in [0, 0.05) is 37.8 Å². The monoisotopic (exact) mass is 416 g/mol. The molecule has 0 spiro atoms. The van der Waals surface area contributed by atoms with E-state index in [9.17, 15) is 20.0 Å². The number of hydrogen-bond acceptors (Lipinski definition) is 6. The number of nitro benzene ring substituents is 1. The van der Waals surface area contributed by atoms with Gasteiger partial charge in [0.15, 0.2) is 5.75 Å². The standard InChI is InChI=1S/C22H31N3O5/c1-22(2,3)20-14-23(11-12-24(20)21(26)27)17-8-5-15(6-9-17)16-7-10-18(25(28)29)19(13-16)30-4/h5,7,10,13,17,20H,6,8-9,11-12,14H2,1-4H3,(H,26,27)/p-1. The normalized spacial score (nSPS) is 23.1. The Bertz CT molecular complexity index is 846. The second-order valence-corrected chi connectivity index (χ2v) is 9.14. The molecule has 1 aliphatic carbocycles. The Morgan fingerprint density at radius 3 is 2.53 bits per heavy atom. The molecule has 0 radical (unpaired) electrons. The Hall–Kier alpha value is -2.61. The molecule has 1 saturated heterocycles. The van der Waals surface area contributed by atoms with Gasteiger partial charge < -0.3 is 19.5 Å². The Morgan fingerprint density at radius 2 is 2.00 bits per heavy atom. The van der Waals surface area contributed by atoms with Crippen LogP contribution < -0.4 is 9.84 Å². The third-order valence-corrected chi connectivity index (χ3v) is 6.29. The zero-order valence-electron chi connectivity index (χ0n) is 18.1. The highest BCUT2D eigenvalue weighted by atomic mass is 16.6. The van der Waals surface area contributed by atoms with E-state index >= 15 is 0 Å². The van der Waals surface area contributed by atoms with Crippen molar-refractivity contribution in [1.29, 1.82) is 0 Å². The zero-order valence-corrected chi connectivity index (χ0v) is 18.1. The number of ether oxygens (including phenoxy) is 1. The summed E-state index contributed by atoms with van der Waals surface area (Å²) in [6, 6.07) is 5.27. The number of methoxy groups -OCH3 is 1. The molecule has 1 aliphatic heterocycles. The summed E-state index contributed by atoms with van der Waals surface area (Å²) < 4.78 is 5.19. The van der Waals surface area contributed by atoms with Crippen LogP contribution >= 0.6 is 0 Å². The lowest BCUT2D eigenvalue weighted by Crippen LogP contribution is -2.63. The van der Waals surface area contributed by atoms with Crippen molar-refractivity contribution in [1.82, 2.24) is 9.80 Å². The maximum atomic E-state index is 11.5. The van der Waals surface area contributed by atoms with Crippen LogP contribution in [0.25, 0.3) is 5.57 Å². The van der Waals surface area contributed by atoms with Crippen LogP contribution in [0, 0.1) is 15.5 Å². The summed E-state index contributed by atoms with van der Waals surface area (Å²) in [5.41, 5.74) is 1.92. The fraction of sp³-hybridized carbons (Fsp3) is 0.591. The summed E-state index contributed by atoms with van der Waals surface area (Å²) in [5, 5.41) is 22.7. The van der Waals surface area contributed by atoms with Crippen molar-refractivity contribution in [2.24, 2.45) is 5.41 Å². The number of hydrogen-bond donors (Lipinski definition) is 0. The van der Waals surface area contributed by atoms with Crippen molar-refractivity contribution < 1.29 is 19.6 Å². The molecule has 1 aromatic carbocycles. The average molecular weight is 416 g/mol. The summed E-state index contributed by atoms with van der Waals surface area (Å²) in [6.45, 7) is 8.08. The SMILES string of the molecule is COc1cc(C2=CCC(N3CCN(C(=O)[O-])C(C(C)(C)C)C3)CC2)ccc1[N+](=O)[O-]. The number of carbonyl (C=O) groups excluding carboxylic acids is 1. The van der Waals surface area contributed by atoms with E-state index in [1.807, 2.05) is 0 Å². The van der Waals surface area contributed by atoms with Gasteiger partial charge in [0.2, 0.25) is 0 Å². The Labute approximate surface area is 177 Å². The maximum Gasteiger partial charge on any atom is 0.310 e. The molecular weight excluding hydrogens is 386 g/mol. The molecule has 3 rings (SSSR count). The fourth-order valence-electron chi connectivity index (χ4n) is 4.54. The first kappa shape index (κ1) is 22.1. The molecular formula is C22H30N3O5-. The van der Waals surface area contributed by atoms with Crippen LogP contribution in [0.2, 0.25) is 0 Å². The summed E-state index contributed by atoms with van der Waals surface area (Å²) >= 11 is 0. The van der Waals surface area contributed by atoms with Crippen molar-refractivity contribution in [3.63, 3.8) is 0 Å². The summed E-state index contributed by atoms with van der Waals surface area (Å²) in [7, 11) is 1.44. The van der Waals surface area contributed by atoms with Gasteiger partial charge in [0.05, 0.1) is 12.0 Å². The molecule has 2 atom stereocenters. The summed E-state index contributed by atoms with van der Waals surface area (Å²) in [6.07, 6.45) is 3.82. The highest BCUT2D eigenvalue weighted by molar-refractivity contribution is 5.69. The van der Waals surface area contributed by atoms with Crippen LogP contribution in [0.4, 0.5) is 10.5 Å². The van der Waals surface area contributed by atoms with E-state index in [1.54, 1.807) is 12.1 Å². The smallest absolute Gasteiger partial charge is 0.310 e. The van der Waals surface area contributed by atoms with Gasteiger partial charge in [-0.25, -0.2) is 0 Å². The Morgan fingerprint density at radius 1 is 1.27 bits per heavy atom. The largest absolute Gasteiger partial charge is 0.530 e. The van der Waals surface area contributed by atoms with E-state index in [0.717, 1.165) is 24.8 Å². The predicted octanol–water partition coefficient (Wildman–Crippen LogP) is 2.91. The third-order valence-electron chi connectivity index (χ3n) is 6.29. The number of rotatable bonds is 4. The van der Waals surface area contributed by atoms with E-state index in [2.05, 4.69) is 31.7 Å². The van der Waals surface area contributed by atoms with Gasteiger partial charge in [-0.15, -0.1) is 0 Å². The first-order valence-corrected chi connectivity index (χ1v) is 10.3. The zero-order chi connectivity index (χ0) is 22.1. The van der Waals surface area contributed by atoms with E-state index in [-0.39, 0.29) is 22.9 Å². The van der Waals surface area contributed by atoms with Crippen molar-refractivity contribution in [2.75, 3.05) is 26.7 Å². The number of piperazine rings is 1. The van der Waals surface area contributed by atoms with Crippen LogP contribution in [0.1, 0.15) is 45.6 Å². The lowest BCUT2D eigenvalue weighted by Gasteiger charge is -2.50. The van der Waals surface area contributed by atoms with Gasteiger partial charge in [-0.1, -0.05) is 26.8 Å². The van der Waals surface area contributed by atoms with E-state index in [4.69, 9.17) is 4.74 Å².